The lowest BCUT2D eigenvalue weighted by atomic mass is 10.1. The van der Waals surface area contributed by atoms with Crippen molar-refractivity contribution in [3.8, 4) is 0 Å². The van der Waals surface area contributed by atoms with E-state index in [1.54, 1.807) is 0 Å². The molecule has 0 amide bonds. The van der Waals surface area contributed by atoms with Crippen LogP contribution in [0.2, 0.25) is 5.54 Å². The van der Waals surface area contributed by atoms with Gasteiger partial charge in [0, 0.05) is 0 Å². The number of rotatable bonds is 1. The molecule has 2 heteroatoms. The summed E-state index contributed by atoms with van der Waals surface area (Å²) in [5.41, 5.74) is 0.946. The Morgan fingerprint density at radius 3 is 2.56 bits per heavy atom. The first-order valence-electron chi connectivity index (χ1n) is 3.64. The molecule has 2 rings (SSSR count). The largest absolute Gasteiger partial charge is 0.176 e. The van der Waals surface area contributed by atoms with E-state index in [1.165, 1.54) is 12.8 Å². The van der Waals surface area contributed by atoms with Crippen LogP contribution in [0.15, 0.2) is 12.2 Å². The van der Waals surface area contributed by atoms with Crippen LogP contribution >= 0.6 is 11.1 Å². The van der Waals surface area contributed by atoms with Crippen molar-refractivity contribution in [1.29, 1.82) is 0 Å². The maximum Gasteiger partial charge on any atom is 0.129 e. The third-order valence-electron chi connectivity index (χ3n) is 2.61. The topological polar surface area (TPSA) is 0 Å². The summed E-state index contributed by atoms with van der Waals surface area (Å²) in [6.07, 6.45) is 7.59. The number of halogens is 1. The van der Waals surface area contributed by atoms with Crippen LogP contribution in [-0.2, 0) is 0 Å². The lowest BCUT2D eigenvalue weighted by Gasteiger charge is -2.12. The van der Waals surface area contributed by atoms with E-state index < -0.39 is 0 Å². The maximum absolute atomic E-state index is 5.91. The highest BCUT2D eigenvalue weighted by molar-refractivity contribution is 6.94. The van der Waals surface area contributed by atoms with Crippen LogP contribution in [-0.4, -0.2) is 8.83 Å². The van der Waals surface area contributed by atoms with Gasteiger partial charge < -0.3 is 0 Å². The summed E-state index contributed by atoms with van der Waals surface area (Å²) in [5.74, 6) is 1.82. The van der Waals surface area contributed by atoms with Gasteiger partial charge in [0.2, 0.25) is 0 Å². The predicted octanol–water partition coefficient (Wildman–Crippen LogP) is 1.69. The highest BCUT2D eigenvalue weighted by Crippen LogP contribution is 2.46. The Morgan fingerprint density at radius 2 is 2.22 bits per heavy atom. The highest BCUT2D eigenvalue weighted by atomic mass is 35.6. The quantitative estimate of drug-likeness (QED) is 0.310. The molecule has 9 heavy (non-hydrogen) atoms. The van der Waals surface area contributed by atoms with Crippen molar-refractivity contribution in [3.63, 3.8) is 0 Å². The molecule has 0 N–H and O–H groups in total. The number of fused-ring (bicyclic) bond motifs is 2. The Balaban J connectivity index is 2.10. The van der Waals surface area contributed by atoms with Gasteiger partial charge in [-0.1, -0.05) is 12.2 Å². The smallest absolute Gasteiger partial charge is 0.129 e. The van der Waals surface area contributed by atoms with E-state index in [2.05, 4.69) is 12.2 Å². The molecule has 1 fully saturated rings. The van der Waals surface area contributed by atoms with Gasteiger partial charge >= 0.3 is 0 Å². The fraction of sp³-hybridized carbons (Fsp3) is 0.714. The molecule has 0 aromatic carbocycles. The van der Waals surface area contributed by atoms with Crippen molar-refractivity contribution in [1.82, 2.24) is 0 Å². The van der Waals surface area contributed by atoms with E-state index in [4.69, 9.17) is 11.1 Å². The molecule has 50 valence electrons. The Hall–Kier alpha value is 0.247. The predicted molar refractivity (Wildman–Crippen MR) is 43.5 cm³/mol. The molecule has 2 bridgehead atoms. The molecule has 2 aliphatic rings. The first-order chi connectivity index (χ1) is 4.40. The van der Waals surface area contributed by atoms with E-state index in [0.717, 1.165) is 17.4 Å². The van der Waals surface area contributed by atoms with E-state index in [0.29, 0.717) is 0 Å². The van der Waals surface area contributed by atoms with Gasteiger partial charge in [-0.05, 0) is 30.2 Å². The summed E-state index contributed by atoms with van der Waals surface area (Å²) >= 11 is 5.91. The SMILES string of the molecule is Cl[SiH2]C1CC2C=CC1C2. The van der Waals surface area contributed by atoms with Gasteiger partial charge in [-0.25, -0.2) is 0 Å². The lowest BCUT2D eigenvalue weighted by Crippen LogP contribution is -2.03. The highest BCUT2D eigenvalue weighted by Gasteiger charge is 2.34. The van der Waals surface area contributed by atoms with Crippen LogP contribution in [0.1, 0.15) is 12.8 Å². The standard InChI is InChI=1S/C7H11ClSi/c8-9-7-4-5-1-2-6(7)3-5/h1-2,5-7H,3-4,9H2. The number of hydrogen-bond donors (Lipinski definition) is 0. The zero-order valence-corrected chi connectivity index (χ0v) is 7.56. The first kappa shape index (κ1) is 5.99. The van der Waals surface area contributed by atoms with Gasteiger partial charge in [-0.3, -0.25) is 0 Å². The van der Waals surface area contributed by atoms with E-state index in [-0.39, 0.29) is 8.83 Å². The summed E-state index contributed by atoms with van der Waals surface area (Å²) in [4.78, 5) is 0. The summed E-state index contributed by atoms with van der Waals surface area (Å²) in [7, 11) is -0.217. The van der Waals surface area contributed by atoms with Crippen molar-refractivity contribution < 1.29 is 0 Å². The zero-order valence-electron chi connectivity index (χ0n) is 5.39. The second-order valence-corrected chi connectivity index (χ2v) is 5.48. The molecular weight excluding hydrogens is 148 g/mol. The second-order valence-electron chi connectivity index (χ2n) is 3.19. The Morgan fingerprint density at radius 1 is 1.33 bits per heavy atom. The molecule has 0 aromatic rings. The molecule has 0 nitrogen and oxygen atoms in total. The minimum Gasteiger partial charge on any atom is -0.176 e. The summed E-state index contributed by atoms with van der Waals surface area (Å²) in [6.45, 7) is 0. The van der Waals surface area contributed by atoms with Crippen LogP contribution in [0.4, 0.5) is 0 Å². The van der Waals surface area contributed by atoms with E-state index in [1.807, 2.05) is 0 Å². The third kappa shape index (κ3) is 0.869. The molecule has 0 aromatic heterocycles. The normalized spacial score (nSPS) is 47.9. The average molecular weight is 159 g/mol. The van der Waals surface area contributed by atoms with Crippen molar-refractivity contribution in [2.45, 2.75) is 18.4 Å². The molecule has 2 aliphatic carbocycles. The van der Waals surface area contributed by atoms with E-state index in [9.17, 15) is 0 Å². The fourth-order valence-corrected chi connectivity index (χ4v) is 4.27. The zero-order chi connectivity index (χ0) is 6.27. The van der Waals surface area contributed by atoms with Crippen LogP contribution in [0, 0.1) is 11.8 Å². The number of hydrogen-bond acceptors (Lipinski definition) is 0. The van der Waals surface area contributed by atoms with Crippen molar-refractivity contribution in [2.75, 3.05) is 0 Å². The van der Waals surface area contributed by atoms with Crippen LogP contribution in [0.25, 0.3) is 0 Å². The third-order valence-corrected chi connectivity index (χ3v) is 5.14. The van der Waals surface area contributed by atoms with Gasteiger partial charge in [0.1, 0.15) is 8.83 Å². The summed E-state index contributed by atoms with van der Waals surface area (Å²) in [5, 5.41) is 0. The Kier molecular flexibility index (Phi) is 1.42. The van der Waals surface area contributed by atoms with Gasteiger partial charge in [-0.15, -0.1) is 0 Å². The van der Waals surface area contributed by atoms with Gasteiger partial charge in [-0.2, -0.15) is 11.1 Å². The Bertz CT molecular complexity index is 144. The van der Waals surface area contributed by atoms with Crippen molar-refractivity contribution in [3.05, 3.63) is 12.2 Å². The molecule has 3 unspecified atom stereocenters. The molecular formula is C7H11ClSi. The van der Waals surface area contributed by atoms with E-state index >= 15 is 0 Å². The molecule has 0 saturated heterocycles. The summed E-state index contributed by atoms with van der Waals surface area (Å²) in [6, 6.07) is 0. The molecule has 0 spiro atoms. The van der Waals surface area contributed by atoms with Crippen LogP contribution in [0.5, 0.6) is 0 Å². The summed E-state index contributed by atoms with van der Waals surface area (Å²) < 4.78 is 0. The molecule has 1 saturated carbocycles. The molecule has 0 aliphatic heterocycles. The monoisotopic (exact) mass is 158 g/mol. The molecule has 0 heterocycles. The minimum atomic E-state index is -0.217. The number of allylic oxidation sites excluding steroid dienone is 2. The molecule has 0 radical (unpaired) electrons. The fourth-order valence-electron chi connectivity index (χ4n) is 2.07. The van der Waals surface area contributed by atoms with Crippen LogP contribution in [0.3, 0.4) is 0 Å². The van der Waals surface area contributed by atoms with Gasteiger partial charge in [0.15, 0.2) is 0 Å². The minimum absolute atomic E-state index is 0.217. The average Bonchev–Trinajstić information content (AvgIpc) is 2.45. The van der Waals surface area contributed by atoms with Gasteiger partial charge in [0.05, 0.1) is 0 Å². The van der Waals surface area contributed by atoms with Gasteiger partial charge in [0.25, 0.3) is 0 Å². The van der Waals surface area contributed by atoms with Crippen molar-refractivity contribution >= 4 is 19.9 Å². The lowest BCUT2D eigenvalue weighted by molar-refractivity contribution is 0.691. The second kappa shape index (κ2) is 2.13. The van der Waals surface area contributed by atoms with Crippen LogP contribution < -0.4 is 0 Å². The first-order valence-corrected chi connectivity index (χ1v) is 6.60. The maximum atomic E-state index is 5.91. The molecule has 3 atom stereocenters. The van der Waals surface area contributed by atoms with Crippen molar-refractivity contribution in [2.24, 2.45) is 11.8 Å². The Labute approximate surface area is 62.8 Å².